The largest absolute Gasteiger partial charge is 0.416 e. The first kappa shape index (κ1) is 17.9. The number of rotatable bonds is 5. The van der Waals surface area contributed by atoms with Crippen molar-refractivity contribution in [2.24, 2.45) is 0 Å². The van der Waals surface area contributed by atoms with E-state index in [9.17, 15) is 26.7 Å². The van der Waals surface area contributed by atoms with Crippen LogP contribution in [0.3, 0.4) is 0 Å². The summed E-state index contributed by atoms with van der Waals surface area (Å²) < 4.78 is 64.4. The van der Waals surface area contributed by atoms with Crippen molar-refractivity contribution in [2.45, 2.75) is 23.6 Å². The van der Waals surface area contributed by atoms with Gasteiger partial charge in [-0.15, -0.1) is 11.3 Å². The highest BCUT2D eigenvalue weighted by Crippen LogP contribution is 2.30. The summed E-state index contributed by atoms with van der Waals surface area (Å²) in [6.07, 6.45) is -4.63. The molecule has 2 rings (SSSR count). The van der Waals surface area contributed by atoms with Crippen molar-refractivity contribution in [1.82, 2.24) is 4.72 Å². The Balaban J connectivity index is 2.20. The SMILES string of the molecule is CC(O)(CNS(=O)(=O)c1cccc(C(F)(F)F)c1)c1cccs1. The number of aliphatic hydroxyl groups is 1. The zero-order chi connectivity index (χ0) is 17.3. The minimum atomic E-state index is -4.63. The molecule has 126 valence electrons. The van der Waals surface area contributed by atoms with Crippen molar-refractivity contribution in [3.8, 4) is 0 Å². The molecule has 0 spiro atoms. The molecule has 2 aromatic rings. The first-order chi connectivity index (χ1) is 10.5. The molecule has 0 aliphatic carbocycles. The molecule has 23 heavy (non-hydrogen) atoms. The standard InChI is InChI=1S/C14H14F3NO3S2/c1-13(19,12-6-3-7-22-12)9-18-23(20,21)11-5-2-4-10(8-11)14(15,16)17/h2-8,18-19H,9H2,1H3. The number of alkyl halides is 3. The topological polar surface area (TPSA) is 66.4 Å². The molecule has 0 aliphatic rings. The fourth-order valence-corrected chi connectivity index (χ4v) is 3.80. The lowest BCUT2D eigenvalue weighted by atomic mass is 10.1. The number of sulfonamides is 1. The number of nitrogens with one attached hydrogen (secondary N) is 1. The van der Waals surface area contributed by atoms with E-state index in [-0.39, 0.29) is 6.54 Å². The molecule has 0 fully saturated rings. The van der Waals surface area contributed by atoms with Crippen molar-refractivity contribution < 1.29 is 26.7 Å². The van der Waals surface area contributed by atoms with Crippen LogP contribution in [0.15, 0.2) is 46.7 Å². The van der Waals surface area contributed by atoms with E-state index in [2.05, 4.69) is 4.72 Å². The molecule has 1 aromatic heterocycles. The lowest BCUT2D eigenvalue weighted by Gasteiger charge is -2.22. The molecule has 4 nitrogen and oxygen atoms in total. The van der Waals surface area contributed by atoms with Crippen LogP contribution in [-0.2, 0) is 21.8 Å². The van der Waals surface area contributed by atoms with Crippen LogP contribution in [0.4, 0.5) is 13.2 Å². The van der Waals surface area contributed by atoms with Gasteiger partial charge in [-0.2, -0.15) is 13.2 Å². The normalized spacial score (nSPS) is 15.3. The highest BCUT2D eigenvalue weighted by Gasteiger charge is 2.32. The molecule has 9 heteroatoms. The van der Waals surface area contributed by atoms with Gasteiger partial charge >= 0.3 is 6.18 Å². The summed E-state index contributed by atoms with van der Waals surface area (Å²) in [7, 11) is -4.17. The van der Waals surface area contributed by atoms with Crippen LogP contribution in [0.5, 0.6) is 0 Å². The van der Waals surface area contributed by atoms with E-state index >= 15 is 0 Å². The Morgan fingerprint density at radius 1 is 1.22 bits per heavy atom. The van der Waals surface area contributed by atoms with Gasteiger partial charge in [0.05, 0.1) is 10.5 Å². The van der Waals surface area contributed by atoms with Crippen LogP contribution < -0.4 is 4.72 Å². The van der Waals surface area contributed by atoms with E-state index in [4.69, 9.17) is 0 Å². The smallest absolute Gasteiger partial charge is 0.383 e. The second-order valence-electron chi connectivity index (χ2n) is 5.10. The Bertz CT molecular complexity index is 769. The Morgan fingerprint density at radius 3 is 2.48 bits per heavy atom. The van der Waals surface area contributed by atoms with Crippen LogP contribution in [0, 0.1) is 0 Å². The van der Waals surface area contributed by atoms with E-state index in [0.29, 0.717) is 10.9 Å². The van der Waals surface area contributed by atoms with Crippen molar-refractivity contribution in [3.05, 3.63) is 52.2 Å². The maximum atomic E-state index is 12.7. The summed E-state index contributed by atoms with van der Waals surface area (Å²) in [5.41, 5.74) is -2.51. The highest BCUT2D eigenvalue weighted by molar-refractivity contribution is 7.89. The van der Waals surface area contributed by atoms with Gasteiger partial charge in [0, 0.05) is 11.4 Å². The molecule has 0 amide bonds. The minimum Gasteiger partial charge on any atom is -0.383 e. The number of thiophene rings is 1. The predicted octanol–water partition coefficient (Wildman–Crippen LogP) is 2.95. The van der Waals surface area contributed by atoms with Gasteiger partial charge in [-0.05, 0) is 36.6 Å². The molecule has 1 atom stereocenters. The molecule has 0 bridgehead atoms. The lowest BCUT2D eigenvalue weighted by molar-refractivity contribution is -0.137. The Hall–Kier alpha value is -1.42. The molecule has 1 unspecified atom stereocenters. The Morgan fingerprint density at radius 2 is 1.91 bits per heavy atom. The van der Waals surface area contributed by atoms with Crippen LogP contribution in [0.1, 0.15) is 17.4 Å². The molecule has 0 aliphatic heterocycles. The van der Waals surface area contributed by atoms with Crippen LogP contribution >= 0.6 is 11.3 Å². The summed E-state index contributed by atoms with van der Waals surface area (Å²) in [5, 5.41) is 12.0. The van der Waals surface area contributed by atoms with Gasteiger partial charge in [-0.3, -0.25) is 0 Å². The third kappa shape index (κ3) is 4.31. The third-order valence-corrected chi connectivity index (χ3v) is 5.65. The Kier molecular flexibility index (Phi) is 4.86. The predicted molar refractivity (Wildman–Crippen MR) is 80.5 cm³/mol. The van der Waals surface area contributed by atoms with Gasteiger partial charge < -0.3 is 5.11 Å². The maximum absolute atomic E-state index is 12.7. The molecule has 0 radical (unpaired) electrons. The van der Waals surface area contributed by atoms with Crippen molar-refractivity contribution >= 4 is 21.4 Å². The number of hydrogen-bond acceptors (Lipinski definition) is 4. The van der Waals surface area contributed by atoms with Crippen LogP contribution in [0.2, 0.25) is 0 Å². The van der Waals surface area contributed by atoms with Crippen molar-refractivity contribution in [2.75, 3.05) is 6.54 Å². The fraction of sp³-hybridized carbons (Fsp3) is 0.286. The zero-order valence-corrected chi connectivity index (χ0v) is 13.6. The van der Waals surface area contributed by atoms with E-state index in [1.807, 2.05) is 0 Å². The first-order valence-corrected chi connectivity index (χ1v) is 8.82. The zero-order valence-electron chi connectivity index (χ0n) is 12.0. The summed E-state index contributed by atoms with van der Waals surface area (Å²) in [6.45, 7) is 1.07. The van der Waals surface area contributed by atoms with Crippen molar-refractivity contribution in [3.63, 3.8) is 0 Å². The van der Waals surface area contributed by atoms with Crippen LogP contribution in [-0.4, -0.2) is 20.1 Å². The van der Waals surface area contributed by atoms with Gasteiger partial charge in [-0.1, -0.05) is 12.1 Å². The van der Waals surface area contributed by atoms with E-state index in [0.717, 1.165) is 18.2 Å². The van der Waals surface area contributed by atoms with Gasteiger partial charge in [0.2, 0.25) is 10.0 Å². The van der Waals surface area contributed by atoms with Gasteiger partial charge in [0.25, 0.3) is 0 Å². The Labute approximate surface area is 135 Å². The highest BCUT2D eigenvalue weighted by atomic mass is 32.2. The third-order valence-electron chi connectivity index (χ3n) is 3.13. The second kappa shape index (κ2) is 6.23. The summed E-state index contributed by atoms with van der Waals surface area (Å²) >= 11 is 1.25. The number of hydrogen-bond donors (Lipinski definition) is 2. The quantitative estimate of drug-likeness (QED) is 0.856. The number of halogens is 3. The lowest BCUT2D eigenvalue weighted by Crippen LogP contribution is -2.38. The van der Waals surface area contributed by atoms with Gasteiger partial charge in [0.1, 0.15) is 5.60 Å². The van der Waals surface area contributed by atoms with Gasteiger partial charge in [0.15, 0.2) is 0 Å². The average Bonchev–Trinajstić information content (AvgIpc) is 3.00. The summed E-state index contributed by atoms with van der Waals surface area (Å²) in [4.78, 5) is 0.0403. The first-order valence-electron chi connectivity index (χ1n) is 6.46. The number of benzene rings is 1. The van der Waals surface area contributed by atoms with Crippen LogP contribution in [0.25, 0.3) is 0 Å². The molecule has 2 N–H and O–H groups in total. The molecule has 0 saturated carbocycles. The maximum Gasteiger partial charge on any atom is 0.416 e. The molecule has 0 saturated heterocycles. The molecule has 1 aromatic carbocycles. The minimum absolute atomic E-state index is 0.355. The molecule has 1 heterocycles. The van der Waals surface area contributed by atoms with E-state index in [1.165, 1.54) is 18.3 Å². The fourth-order valence-electron chi connectivity index (χ4n) is 1.83. The van der Waals surface area contributed by atoms with E-state index in [1.54, 1.807) is 17.5 Å². The second-order valence-corrected chi connectivity index (χ2v) is 7.82. The van der Waals surface area contributed by atoms with E-state index < -0.39 is 32.3 Å². The van der Waals surface area contributed by atoms with Gasteiger partial charge in [-0.25, -0.2) is 13.1 Å². The average molecular weight is 365 g/mol. The summed E-state index contributed by atoms with van der Waals surface area (Å²) in [5.74, 6) is 0. The molecular formula is C14H14F3NO3S2. The molecular weight excluding hydrogens is 351 g/mol. The van der Waals surface area contributed by atoms with Crippen molar-refractivity contribution in [1.29, 1.82) is 0 Å². The monoisotopic (exact) mass is 365 g/mol. The summed E-state index contributed by atoms with van der Waals surface area (Å²) in [6, 6.07) is 6.79.